The highest BCUT2D eigenvalue weighted by atomic mass is 16.5. The third-order valence-electron chi connectivity index (χ3n) is 3.58. The van der Waals surface area contributed by atoms with Crippen LogP contribution in [-0.2, 0) is 4.79 Å². The quantitative estimate of drug-likeness (QED) is 0.751. The van der Waals surface area contributed by atoms with Crippen molar-refractivity contribution in [2.75, 3.05) is 7.11 Å². The maximum absolute atomic E-state index is 11.6. The maximum atomic E-state index is 11.6. The molecule has 0 aromatic heterocycles. The van der Waals surface area contributed by atoms with Crippen LogP contribution >= 0.6 is 0 Å². The molecule has 0 radical (unpaired) electrons. The van der Waals surface area contributed by atoms with Crippen molar-refractivity contribution in [2.45, 2.75) is 37.8 Å². The fourth-order valence-corrected chi connectivity index (χ4v) is 2.56. The first-order chi connectivity index (χ1) is 9.11. The fraction of sp³-hybridized carbons (Fsp3) is 0.500. The molecule has 5 nitrogen and oxygen atoms in total. The number of aromatic hydroxyl groups is 1. The number of benzene rings is 1. The molecule has 1 atom stereocenters. The van der Waals surface area contributed by atoms with Crippen LogP contribution in [0.15, 0.2) is 18.2 Å². The maximum Gasteiger partial charge on any atom is 0.239 e. The molecular formula is C14H20N2O3. The number of carbonyl (C=O) groups is 1. The number of carbonyl (C=O) groups excluding carboxylic acids is 1. The van der Waals surface area contributed by atoms with Gasteiger partial charge in [0.1, 0.15) is 6.04 Å². The summed E-state index contributed by atoms with van der Waals surface area (Å²) in [6, 6.07) is 4.66. The van der Waals surface area contributed by atoms with E-state index in [9.17, 15) is 9.90 Å². The van der Waals surface area contributed by atoms with Gasteiger partial charge in [-0.15, -0.1) is 0 Å². The molecule has 0 spiro atoms. The normalized spacial score (nSPS) is 17.3. The van der Waals surface area contributed by atoms with Gasteiger partial charge in [0.2, 0.25) is 5.91 Å². The zero-order valence-electron chi connectivity index (χ0n) is 11.1. The number of amides is 1. The van der Waals surface area contributed by atoms with Crippen LogP contribution in [0.2, 0.25) is 0 Å². The Balaban J connectivity index is 2.18. The highest BCUT2D eigenvalue weighted by Crippen LogP contribution is 2.30. The molecule has 1 aliphatic carbocycles. The first-order valence-corrected chi connectivity index (χ1v) is 6.54. The van der Waals surface area contributed by atoms with Gasteiger partial charge in [-0.05, 0) is 30.5 Å². The molecule has 1 aromatic carbocycles. The van der Waals surface area contributed by atoms with Gasteiger partial charge in [0, 0.05) is 6.04 Å². The van der Waals surface area contributed by atoms with Gasteiger partial charge in [-0.3, -0.25) is 10.1 Å². The van der Waals surface area contributed by atoms with E-state index in [1.165, 1.54) is 26.0 Å². The Morgan fingerprint density at radius 1 is 1.47 bits per heavy atom. The standard InChI is InChI=1S/C14H20N2O3/c1-19-12-7-6-9(8-11(12)17)13(14(15)18)16-10-4-2-3-5-10/h6-8,10,13,16-17H,2-5H2,1H3,(H2,15,18). The van der Waals surface area contributed by atoms with Gasteiger partial charge in [0.15, 0.2) is 11.5 Å². The molecule has 1 fully saturated rings. The Labute approximate surface area is 112 Å². The van der Waals surface area contributed by atoms with E-state index in [2.05, 4.69) is 5.32 Å². The van der Waals surface area contributed by atoms with Gasteiger partial charge in [0.25, 0.3) is 0 Å². The summed E-state index contributed by atoms with van der Waals surface area (Å²) in [7, 11) is 1.48. The number of nitrogens with one attached hydrogen (secondary N) is 1. The van der Waals surface area contributed by atoms with Gasteiger partial charge in [-0.1, -0.05) is 18.9 Å². The molecule has 1 aliphatic rings. The summed E-state index contributed by atoms with van der Waals surface area (Å²) in [5.74, 6) is -0.0382. The number of rotatable bonds is 5. The van der Waals surface area contributed by atoms with Gasteiger partial charge in [-0.2, -0.15) is 0 Å². The van der Waals surface area contributed by atoms with Crippen molar-refractivity contribution in [1.82, 2.24) is 5.32 Å². The number of phenolic OH excluding ortho intramolecular Hbond substituents is 1. The molecule has 0 saturated heterocycles. The third-order valence-corrected chi connectivity index (χ3v) is 3.58. The summed E-state index contributed by atoms with van der Waals surface area (Å²) in [6.45, 7) is 0. The van der Waals surface area contributed by atoms with E-state index in [0.29, 0.717) is 17.4 Å². The lowest BCUT2D eigenvalue weighted by Crippen LogP contribution is -2.38. The van der Waals surface area contributed by atoms with Crippen LogP contribution in [0.1, 0.15) is 37.3 Å². The van der Waals surface area contributed by atoms with Crippen LogP contribution in [0.3, 0.4) is 0 Å². The minimum Gasteiger partial charge on any atom is -0.504 e. The average Bonchev–Trinajstić information content (AvgIpc) is 2.88. The van der Waals surface area contributed by atoms with E-state index >= 15 is 0 Å². The zero-order valence-corrected chi connectivity index (χ0v) is 11.1. The van der Waals surface area contributed by atoms with E-state index in [-0.39, 0.29) is 5.75 Å². The lowest BCUT2D eigenvalue weighted by molar-refractivity contribution is -0.120. The van der Waals surface area contributed by atoms with Crippen molar-refractivity contribution in [2.24, 2.45) is 5.73 Å². The second kappa shape index (κ2) is 5.93. The summed E-state index contributed by atoms with van der Waals surface area (Å²) >= 11 is 0. The Bertz CT molecular complexity index is 456. The number of hydrogen-bond donors (Lipinski definition) is 3. The van der Waals surface area contributed by atoms with Crippen molar-refractivity contribution < 1.29 is 14.6 Å². The SMILES string of the molecule is COc1ccc(C(NC2CCCC2)C(N)=O)cc1O. The van der Waals surface area contributed by atoms with Crippen molar-refractivity contribution >= 4 is 5.91 Å². The van der Waals surface area contributed by atoms with Gasteiger partial charge < -0.3 is 15.6 Å². The molecule has 4 N–H and O–H groups in total. The fourth-order valence-electron chi connectivity index (χ4n) is 2.56. The first-order valence-electron chi connectivity index (χ1n) is 6.54. The zero-order chi connectivity index (χ0) is 13.8. The minimum atomic E-state index is -0.570. The van der Waals surface area contributed by atoms with Gasteiger partial charge in [0.05, 0.1) is 7.11 Å². The van der Waals surface area contributed by atoms with Gasteiger partial charge in [-0.25, -0.2) is 0 Å². The number of hydrogen-bond acceptors (Lipinski definition) is 4. The molecular weight excluding hydrogens is 244 g/mol. The Hall–Kier alpha value is -1.75. The van der Waals surface area contributed by atoms with Crippen LogP contribution in [-0.4, -0.2) is 24.2 Å². The number of phenols is 1. The van der Waals surface area contributed by atoms with Crippen LogP contribution < -0.4 is 15.8 Å². The van der Waals surface area contributed by atoms with Crippen molar-refractivity contribution in [3.05, 3.63) is 23.8 Å². The lowest BCUT2D eigenvalue weighted by atomic mass is 10.0. The van der Waals surface area contributed by atoms with Crippen LogP contribution in [0.25, 0.3) is 0 Å². The molecule has 19 heavy (non-hydrogen) atoms. The van der Waals surface area contributed by atoms with Crippen LogP contribution in [0, 0.1) is 0 Å². The van der Waals surface area contributed by atoms with Crippen LogP contribution in [0.4, 0.5) is 0 Å². The largest absolute Gasteiger partial charge is 0.504 e. The average molecular weight is 264 g/mol. The summed E-state index contributed by atoms with van der Waals surface area (Å²) < 4.78 is 4.99. The van der Waals surface area contributed by atoms with E-state index < -0.39 is 11.9 Å². The molecule has 1 amide bonds. The number of primary amides is 1. The predicted molar refractivity (Wildman–Crippen MR) is 72.0 cm³/mol. The van der Waals surface area contributed by atoms with Crippen molar-refractivity contribution in [3.8, 4) is 11.5 Å². The topological polar surface area (TPSA) is 84.6 Å². The minimum absolute atomic E-state index is 0.0134. The Morgan fingerprint density at radius 2 is 2.16 bits per heavy atom. The molecule has 1 unspecified atom stereocenters. The molecule has 104 valence electrons. The molecule has 1 aromatic rings. The third kappa shape index (κ3) is 3.17. The van der Waals surface area contributed by atoms with Crippen molar-refractivity contribution in [3.63, 3.8) is 0 Å². The number of ether oxygens (including phenoxy) is 1. The Morgan fingerprint density at radius 3 is 2.68 bits per heavy atom. The Kier molecular flexibility index (Phi) is 4.27. The molecule has 1 saturated carbocycles. The van der Waals surface area contributed by atoms with Crippen LogP contribution in [0.5, 0.6) is 11.5 Å². The first kappa shape index (κ1) is 13.7. The van der Waals surface area contributed by atoms with E-state index in [4.69, 9.17) is 10.5 Å². The highest BCUT2D eigenvalue weighted by molar-refractivity contribution is 5.81. The smallest absolute Gasteiger partial charge is 0.239 e. The summed E-state index contributed by atoms with van der Waals surface area (Å²) in [5, 5.41) is 13.0. The predicted octanol–water partition coefficient (Wildman–Crippen LogP) is 1.46. The second-order valence-electron chi connectivity index (χ2n) is 4.91. The summed E-state index contributed by atoms with van der Waals surface area (Å²) in [6.07, 6.45) is 4.48. The molecule has 5 heteroatoms. The van der Waals surface area contributed by atoms with Gasteiger partial charge >= 0.3 is 0 Å². The number of methoxy groups -OCH3 is 1. The van der Waals surface area contributed by atoms with E-state index in [1.54, 1.807) is 12.1 Å². The van der Waals surface area contributed by atoms with E-state index in [0.717, 1.165) is 12.8 Å². The van der Waals surface area contributed by atoms with Crippen molar-refractivity contribution in [1.29, 1.82) is 0 Å². The highest BCUT2D eigenvalue weighted by Gasteiger charge is 2.24. The van der Waals surface area contributed by atoms with E-state index in [1.807, 2.05) is 0 Å². The molecule has 0 bridgehead atoms. The molecule has 0 aliphatic heterocycles. The molecule has 2 rings (SSSR count). The monoisotopic (exact) mass is 264 g/mol. The lowest BCUT2D eigenvalue weighted by Gasteiger charge is -2.21. The molecule has 0 heterocycles. The second-order valence-corrected chi connectivity index (χ2v) is 4.91. The summed E-state index contributed by atoms with van der Waals surface area (Å²) in [5.41, 5.74) is 6.12. The number of nitrogens with two attached hydrogens (primary N) is 1. The summed E-state index contributed by atoms with van der Waals surface area (Å²) in [4.78, 5) is 11.6.